The second-order valence-corrected chi connectivity index (χ2v) is 6.65. The van der Waals surface area contributed by atoms with E-state index in [4.69, 9.17) is 0 Å². The average Bonchev–Trinajstić information content (AvgIpc) is 2.42. The molecule has 5 heteroatoms. The number of aliphatic hydroxyl groups is 1. The molecule has 22 heavy (non-hydrogen) atoms. The summed E-state index contributed by atoms with van der Waals surface area (Å²) in [6, 6.07) is 7.75. The van der Waals surface area contributed by atoms with E-state index in [-0.39, 0.29) is 24.3 Å². The molecule has 1 unspecified atom stereocenters. The molecule has 1 aliphatic heterocycles. The molecular weight excluding hydrogens is 280 g/mol. The molecule has 0 saturated carbocycles. The molecule has 120 valence electrons. The van der Waals surface area contributed by atoms with E-state index in [1.54, 1.807) is 20.9 Å². The topological polar surface area (TPSA) is 69.6 Å². The minimum Gasteiger partial charge on any atom is -0.389 e. The van der Waals surface area contributed by atoms with Crippen molar-refractivity contribution in [3.05, 3.63) is 29.8 Å². The molecule has 1 aliphatic rings. The van der Waals surface area contributed by atoms with Crippen molar-refractivity contribution in [3.63, 3.8) is 0 Å². The Bertz CT molecular complexity index is 563. The summed E-state index contributed by atoms with van der Waals surface area (Å²) in [5.41, 5.74) is 1.07. The highest BCUT2D eigenvalue weighted by Gasteiger charge is 2.27. The van der Waals surface area contributed by atoms with Gasteiger partial charge in [-0.3, -0.25) is 9.59 Å². The van der Waals surface area contributed by atoms with Gasteiger partial charge in [0, 0.05) is 31.6 Å². The Morgan fingerprint density at radius 1 is 1.41 bits per heavy atom. The van der Waals surface area contributed by atoms with Gasteiger partial charge in [-0.25, -0.2) is 0 Å². The van der Waals surface area contributed by atoms with Crippen LogP contribution in [0.4, 0.5) is 5.69 Å². The average molecular weight is 304 g/mol. The van der Waals surface area contributed by atoms with Gasteiger partial charge in [0.1, 0.15) is 0 Å². The van der Waals surface area contributed by atoms with Crippen LogP contribution in [0.25, 0.3) is 0 Å². The molecule has 1 aromatic rings. The van der Waals surface area contributed by atoms with Gasteiger partial charge in [0.25, 0.3) is 0 Å². The van der Waals surface area contributed by atoms with Crippen molar-refractivity contribution in [1.29, 1.82) is 0 Å². The van der Waals surface area contributed by atoms with Gasteiger partial charge < -0.3 is 15.3 Å². The van der Waals surface area contributed by atoms with Gasteiger partial charge in [0.05, 0.1) is 5.60 Å². The van der Waals surface area contributed by atoms with E-state index in [1.807, 2.05) is 24.3 Å². The highest BCUT2D eigenvalue weighted by molar-refractivity contribution is 5.96. The predicted molar refractivity (Wildman–Crippen MR) is 85.4 cm³/mol. The number of likely N-dealkylation sites (N-methyl/N-ethyl adjacent to an activating group) is 1. The van der Waals surface area contributed by atoms with Crippen molar-refractivity contribution < 1.29 is 14.7 Å². The standard InChI is InChI=1S/C17H24N2O3/c1-17(2,22)11-19(3)15(20)9-8-13-10-12-6-4-5-7-14(12)18-16(13)21/h4-7,13,22H,8-11H2,1-3H3,(H,18,21). The fourth-order valence-electron chi connectivity index (χ4n) is 2.80. The van der Waals surface area contributed by atoms with Crippen LogP contribution in [0.2, 0.25) is 0 Å². The number of hydrogen-bond donors (Lipinski definition) is 2. The van der Waals surface area contributed by atoms with Gasteiger partial charge >= 0.3 is 0 Å². The summed E-state index contributed by atoms with van der Waals surface area (Å²) in [6.07, 6.45) is 1.51. The van der Waals surface area contributed by atoms with E-state index in [0.717, 1.165) is 11.3 Å². The van der Waals surface area contributed by atoms with Gasteiger partial charge in [-0.2, -0.15) is 0 Å². The quantitative estimate of drug-likeness (QED) is 0.871. The summed E-state index contributed by atoms with van der Waals surface area (Å²) in [6.45, 7) is 3.62. The third-order valence-corrected chi connectivity index (χ3v) is 3.87. The zero-order valence-electron chi connectivity index (χ0n) is 13.4. The molecule has 0 fully saturated rings. The van der Waals surface area contributed by atoms with E-state index < -0.39 is 5.60 Å². The molecule has 0 aromatic heterocycles. The number of nitrogens with one attached hydrogen (secondary N) is 1. The highest BCUT2D eigenvalue weighted by atomic mass is 16.3. The number of para-hydroxylation sites is 1. The second kappa shape index (κ2) is 6.48. The van der Waals surface area contributed by atoms with Gasteiger partial charge in [-0.1, -0.05) is 18.2 Å². The third kappa shape index (κ3) is 4.31. The van der Waals surface area contributed by atoms with Crippen molar-refractivity contribution in [2.45, 2.75) is 38.7 Å². The highest BCUT2D eigenvalue weighted by Crippen LogP contribution is 2.27. The molecule has 2 amide bonds. The molecule has 0 spiro atoms. The lowest BCUT2D eigenvalue weighted by atomic mass is 9.89. The Hall–Kier alpha value is -1.88. The summed E-state index contributed by atoms with van der Waals surface area (Å²) in [4.78, 5) is 25.7. The molecule has 2 N–H and O–H groups in total. The molecular formula is C17H24N2O3. The second-order valence-electron chi connectivity index (χ2n) is 6.65. The lowest BCUT2D eigenvalue weighted by Gasteiger charge is -2.27. The van der Waals surface area contributed by atoms with Crippen LogP contribution >= 0.6 is 0 Å². The molecule has 1 atom stereocenters. The molecule has 1 aromatic carbocycles. The van der Waals surface area contributed by atoms with E-state index >= 15 is 0 Å². The van der Waals surface area contributed by atoms with Crippen LogP contribution in [0.1, 0.15) is 32.3 Å². The first-order valence-electron chi connectivity index (χ1n) is 7.61. The minimum atomic E-state index is -0.911. The Morgan fingerprint density at radius 2 is 2.09 bits per heavy atom. The van der Waals surface area contributed by atoms with Gasteiger partial charge in [0.15, 0.2) is 0 Å². The Kier molecular flexibility index (Phi) is 4.86. The number of rotatable bonds is 5. The largest absolute Gasteiger partial charge is 0.389 e. The van der Waals surface area contributed by atoms with Crippen molar-refractivity contribution in [2.75, 3.05) is 18.9 Å². The number of hydrogen-bond acceptors (Lipinski definition) is 3. The first-order chi connectivity index (χ1) is 10.3. The molecule has 2 rings (SSSR count). The number of nitrogens with zero attached hydrogens (tertiary/aromatic N) is 1. The van der Waals surface area contributed by atoms with E-state index in [1.165, 1.54) is 4.90 Å². The minimum absolute atomic E-state index is 0.0170. The fraction of sp³-hybridized carbons (Fsp3) is 0.529. The fourth-order valence-corrected chi connectivity index (χ4v) is 2.80. The molecule has 5 nitrogen and oxygen atoms in total. The summed E-state index contributed by atoms with van der Waals surface area (Å²) in [7, 11) is 1.68. The summed E-state index contributed by atoms with van der Waals surface area (Å²) >= 11 is 0. The monoisotopic (exact) mass is 304 g/mol. The molecule has 0 bridgehead atoms. The van der Waals surface area contributed by atoms with E-state index in [0.29, 0.717) is 19.3 Å². The van der Waals surface area contributed by atoms with Gasteiger partial charge in [-0.15, -0.1) is 0 Å². The first-order valence-corrected chi connectivity index (χ1v) is 7.61. The van der Waals surface area contributed by atoms with Gasteiger partial charge in [-0.05, 0) is 38.3 Å². The Morgan fingerprint density at radius 3 is 2.77 bits per heavy atom. The first kappa shape index (κ1) is 16.5. The van der Waals surface area contributed by atoms with E-state index in [9.17, 15) is 14.7 Å². The third-order valence-electron chi connectivity index (χ3n) is 3.87. The number of carbonyl (C=O) groups is 2. The summed E-state index contributed by atoms with van der Waals surface area (Å²) in [5, 5.41) is 12.6. The SMILES string of the molecule is CN(CC(C)(C)O)C(=O)CCC1Cc2ccccc2NC1=O. The van der Waals surface area contributed by atoms with Crippen molar-refractivity contribution >= 4 is 17.5 Å². The predicted octanol–water partition coefficient (Wildman–Crippen LogP) is 1.81. The van der Waals surface area contributed by atoms with Crippen LogP contribution in [-0.2, 0) is 16.0 Å². The maximum Gasteiger partial charge on any atom is 0.227 e. The van der Waals surface area contributed by atoms with Crippen LogP contribution in [0.15, 0.2) is 24.3 Å². The van der Waals surface area contributed by atoms with Crippen LogP contribution in [0, 0.1) is 5.92 Å². The normalized spacial score (nSPS) is 17.6. The lowest BCUT2D eigenvalue weighted by Crippen LogP contribution is -2.40. The van der Waals surface area contributed by atoms with Crippen molar-refractivity contribution in [3.8, 4) is 0 Å². The number of benzene rings is 1. The van der Waals surface area contributed by atoms with Gasteiger partial charge in [0.2, 0.25) is 11.8 Å². The lowest BCUT2D eigenvalue weighted by molar-refractivity contribution is -0.133. The van der Waals surface area contributed by atoms with Crippen LogP contribution in [0.3, 0.4) is 0 Å². The Balaban J connectivity index is 1.90. The molecule has 0 saturated heterocycles. The van der Waals surface area contributed by atoms with Crippen molar-refractivity contribution in [2.24, 2.45) is 5.92 Å². The molecule has 0 aliphatic carbocycles. The summed E-state index contributed by atoms with van der Waals surface area (Å²) in [5.74, 6) is -0.236. The summed E-state index contributed by atoms with van der Waals surface area (Å²) < 4.78 is 0. The zero-order chi connectivity index (χ0) is 16.3. The number of carbonyl (C=O) groups excluding carboxylic acids is 2. The maximum absolute atomic E-state index is 12.1. The number of fused-ring (bicyclic) bond motifs is 1. The van der Waals surface area contributed by atoms with Crippen LogP contribution < -0.4 is 5.32 Å². The van der Waals surface area contributed by atoms with Crippen LogP contribution in [0.5, 0.6) is 0 Å². The van der Waals surface area contributed by atoms with Crippen LogP contribution in [-0.4, -0.2) is 41.0 Å². The maximum atomic E-state index is 12.1. The Labute approximate surface area is 131 Å². The number of amides is 2. The molecule has 1 heterocycles. The number of anilines is 1. The zero-order valence-corrected chi connectivity index (χ0v) is 13.4. The van der Waals surface area contributed by atoms with E-state index in [2.05, 4.69) is 5.32 Å². The smallest absolute Gasteiger partial charge is 0.227 e. The van der Waals surface area contributed by atoms with Crippen molar-refractivity contribution in [1.82, 2.24) is 4.90 Å². The molecule has 0 radical (unpaired) electrons.